The molecule has 0 unspecified atom stereocenters. The standard InChI is InChI=1S/C12H11BrClFN2/c1-3-10-11(13)12(17(2)16-10)7-4-5-9(15)8(14)6-7/h4-6H,3H2,1-2H3. The van der Waals surface area contributed by atoms with Gasteiger partial charge in [-0.1, -0.05) is 18.5 Å². The van der Waals surface area contributed by atoms with Gasteiger partial charge in [0.25, 0.3) is 0 Å². The topological polar surface area (TPSA) is 17.8 Å². The van der Waals surface area contributed by atoms with Crippen LogP contribution < -0.4 is 0 Å². The van der Waals surface area contributed by atoms with Gasteiger partial charge in [0.05, 0.1) is 20.9 Å². The van der Waals surface area contributed by atoms with Crippen molar-refractivity contribution < 1.29 is 4.39 Å². The van der Waals surface area contributed by atoms with E-state index in [-0.39, 0.29) is 5.02 Å². The van der Waals surface area contributed by atoms with Gasteiger partial charge in [-0.25, -0.2) is 4.39 Å². The zero-order chi connectivity index (χ0) is 12.6. The third-order valence-corrected chi connectivity index (χ3v) is 3.71. The SMILES string of the molecule is CCc1nn(C)c(-c2ccc(F)c(Cl)c2)c1Br. The highest BCUT2D eigenvalue weighted by Gasteiger charge is 2.15. The molecule has 1 heterocycles. The molecule has 0 aliphatic carbocycles. The number of benzene rings is 1. The van der Waals surface area contributed by atoms with E-state index in [0.717, 1.165) is 27.8 Å². The van der Waals surface area contributed by atoms with E-state index in [1.807, 2.05) is 14.0 Å². The number of aromatic nitrogens is 2. The first-order valence-electron chi connectivity index (χ1n) is 5.21. The Morgan fingerprint density at radius 1 is 1.47 bits per heavy atom. The highest BCUT2D eigenvalue weighted by atomic mass is 79.9. The maximum atomic E-state index is 13.1. The fourth-order valence-electron chi connectivity index (χ4n) is 1.74. The monoisotopic (exact) mass is 316 g/mol. The van der Waals surface area contributed by atoms with Crippen molar-refractivity contribution in [2.45, 2.75) is 13.3 Å². The third-order valence-electron chi connectivity index (χ3n) is 2.58. The fourth-order valence-corrected chi connectivity index (χ4v) is 2.76. The average molecular weight is 318 g/mol. The summed E-state index contributed by atoms with van der Waals surface area (Å²) in [6.45, 7) is 2.04. The van der Waals surface area contributed by atoms with E-state index in [2.05, 4.69) is 21.0 Å². The van der Waals surface area contributed by atoms with Crippen molar-refractivity contribution in [3.8, 4) is 11.3 Å². The first-order valence-corrected chi connectivity index (χ1v) is 6.38. The van der Waals surface area contributed by atoms with Gasteiger partial charge in [-0.15, -0.1) is 0 Å². The molecule has 0 radical (unpaired) electrons. The molecule has 0 aliphatic heterocycles. The molecule has 17 heavy (non-hydrogen) atoms. The minimum absolute atomic E-state index is 0.119. The number of nitrogens with zero attached hydrogens (tertiary/aromatic N) is 2. The van der Waals surface area contributed by atoms with E-state index in [1.165, 1.54) is 6.07 Å². The zero-order valence-electron chi connectivity index (χ0n) is 9.47. The molecule has 1 aromatic heterocycles. The van der Waals surface area contributed by atoms with Crippen molar-refractivity contribution in [1.29, 1.82) is 0 Å². The first kappa shape index (κ1) is 12.6. The second-order valence-corrected chi connectivity index (χ2v) is 4.92. The summed E-state index contributed by atoms with van der Waals surface area (Å²) in [4.78, 5) is 0. The summed E-state index contributed by atoms with van der Waals surface area (Å²) in [6, 6.07) is 4.67. The van der Waals surface area contributed by atoms with Crippen LogP contribution in [-0.2, 0) is 13.5 Å². The van der Waals surface area contributed by atoms with Crippen molar-refractivity contribution in [2.75, 3.05) is 0 Å². The van der Waals surface area contributed by atoms with E-state index in [9.17, 15) is 4.39 Å². The number of hydrogen-bond donors (Lipinski definition) is 0. The molecule has 0 fully saturated rings. The fraction of sp³-hybridized carbons (Fsp3) is 0.250. The molecule has 1 aromatic carbocycles. The van der Waals surface area contributed by atoms with Gasteiger partial charge in [0.15, 0.2) is 0 Å². The Morgan fingerprint density at radius 2 is 2.18 bits per heavy atom. The summed E-state index contributed by atoms with van der Waals surface area (Å²) < 4.78 is 15.8. The first-order chi connectivity index (χ1) is 8.04. The van der Waals surface area contributed by atoms with E-state index < -0.39 is 5.82 Å². The van der Waals surface area contributed by atoms with Crippen molar-refractivity contribution in [2.24, 2.45) is 7.05 Å². The minimum Gasteiger partial charge on any atom is -0.266 e. The maximum absolute atomic E-state index is 13.1. The molecule has 2 aromatic rings. The van der Waals surface area contributed by atoms with Gasteiger partial charge in [0.1, 0.15) is 5.82 Å². The lowest BCUT2D eigenvalue weighted by Gasteiger charge is -2.04. The molecule has 0 N–H and O–H groups in total. The van der Waals surface area contributed by atoms with Crippen LogP contribution in [0.15, 0.2) is 22.7 Å². The summed E-state index contributed by atoms with van der Waals surface area (Å²) in [6.07, 6.45) is 0.837. The predicted molar refractivity (Wildman–Crippen MR) is 70.7 cm³/mol. The van der Waals surface area contributed by atoms with Gasteiger partial charge in [0.2, 0.25) is 0 Å². The molecule has 0 saturated heterocycles. The van der Waals surface area contributed by atoms with Crippen molar-refractivity contribution in [3.63, 3.8) is 0 Å². The predicted octanol–water partition coefficient (Wildman–Crippen LogP) is 4.20. The second-order valence-electron chi connectivity index (χ2n) is 3.72. The van der Waals surface area contributed by atoms with Gasteiger partial charge >= 0.3 is 0 Å². The summed E-state index contributed by atoms with van der Waals surface area (Å²) >= 11 is 9.31. The van der Waals surface area contributed by atoms with E-state index >= 15 is 0 Å². The largest absolute Gasteiger partial charge is 0.266 e. The van der Waals surface area contributed by atoms with Gasteiger partial charge in [-0.05, 0) is 40.5 Å². The summed E-state index contributed by atoms with van der Waals surface area (Å²) in [5.41, 5.74) is 2.73. The van der Waals surface area contributed by atoms with Crippen LogP contribution in [0.2, 0.25) is 5.02 Å². The van der Waals surface area contributed by atoms with Gasteiger partial charge < -0.3 is 0 Å². The minimum atomic E-state index is -0.413. The number of halogens is 3. The lowest BCUT2D eigenvalue weighted by molar-refractivity contribution is 0.628. The molecular formula is C12H11BrClFN2. The molecule has 2 rings (SSSR count). The highest BCUT2D eigenvalue weighted by molar-refractivity contribution is 9.10. The highest BCUT2D eigenvalue weighted by Crippen LogP contribution is 2.32. The van der Waals surface area contributed by atoms with E-state index in [1.54, 1.807) is 16.8 Å². The number of aryl methyl sites for hydroxylation is 2. The Labute approximate surface area is 113 Å². The van der Waals surface area contributed by atoms with Gasteiger partial charge in [-0.2, -0.15) is 5.10 Å². The van der Waals surface area contributed by atoms with Gasteiger partial charge in [-0.3, -0.25) is 4.68 Å². The van der Waals surface area contributed by atoms with Crippen LogP contribution in [0.25, 0.3) is 11.3 Å². The molecule has 0 amide bonds. The summed E-state index contributed by atoms with van der Waals surface area (Å²) in [5.74, 6) is -0.413. The Kier molecular flexibility index (Phi) is 3.54. The molecular weight excluding hydrogens is 307 g/mol. The molecule has 0 aliphatic rings. The Balaban J connectivity index is 2.60. The number of hydrogen-bond acceptors (Lipinski definition) is 1. The van der Waals surface area contributed by atoms with Crippen LogP contribution in [0.5, 0.6) is 0 Å². The lowest BCUT2D eigenvalue weighted by Crippen LogP contribution is -1.94. The Hall–Kier alpha value is -0.870. The van der Waals surface area contributed by atoms with Crippen LogP contribution in [0.1, 0.15) is 12.6 Å². The van der Waals surface area contributed by atoms with Crippen LogP contribution in [0.3, 0.4) is 0 Å². The molecule has 90 valence electrons. The summed E-state index contributed by atoms with van der Waals surface area (Å²) in [7, 11) is 1.86. The smallest absolute Gasteiger partial charge is 0.141 e. The normalized spacial score (nSPS) is 10.9. The van der Waals surface area contributed by atoms with Crippen LogP contribution in [0, 0.1) is 5.82 Å². The molecule has 0 atom stereocenters. The van der Waals surface area contributed by atoms with Crippen molar-refractivity contribution in [3.05, 3.63) is 39.2 Å². The zero-order valence-corrected chi connectivity index (χ0v) is 11.8. The Morgan fingerprint density at radius 3 is 2.71 bits per heavy atom. The van der Waals surface area contributed by atoms with E-state index in [0.29, 0.717) is 0 Å². The second kappa shape index (κ2) is 4.78. The van der Waals surface area contributed by atoms with Crippen molar-refractivity contribution in [1.82, 2.24) is 9.78 Å². The quantitative estimate of drug-likeness (QED) is 0.811. The Bertz CT molecular complexity index is 566. The third kappa shape index (κ3) is 2.24. The molecule has 2 nitrogen and oxygen atoms in total. The molecule has 0 bridgehead atoms. The van der Waals surface area contributed by atoms with Crippen LogP contribution >= 0.6 is 27.5 Å². The molecule has 0 spiro atoms. The average Bonchev–Trinajstić information content (AvgIpc) is 2.58. The summed E-state index contributed by atoms with van der Waals surface area (Å²) in [5, 5.41) is 4.51. The van der Waals surface area contributed by atoms with Crippen molar-refractivity contribution >= 4 is 27.5 Å². The van der Waals surface area contributed by atoms with Crippen LogP contribution in [0.4, 0.5) is 4.39 Å². The molecule has 5 heteroatoms. The van der Waals surface area contributed by atoms with Gasteiger partial charge in [0, 0.05) is 12.6 Å². The lowest BCUT2D eigenvalue weighted by atomic mass is 10.1. The van der Waals surface area contributed by atoms with Crippen LogP contribution in [-0.4, -0.2) is 9.78 Å². The molecule has 0 saturated carbocycles. The van der Waals surface area contributed by atoms with E-state index in [4.69, 9.17) is 11.6 Å². The number of rotatable bonds is 2. The maximum Gasteiger partial charge on any atom is 0.141 e.